The van der Waals surface area contributed by atoms with Crippen molar-refractivity contribution in [1.29, 1.82) is 0 Å². The Labute approximate surface area is 146 Å². The van der Waals surface area contributed by atoms with E-state index in [1.165, 1.54) is 24.8 Å². The van der Waals surface area contributed by atoms with Gasteiger partial charge < -0.3 is 4.74 Å². The Morgan fingerprint density at radius 3 is 2.35 bits per heavy atom. The van der Waals surface area contributed by atoms with Crippen LogP contribution in [0, 0.1) is 0 Å². The van der Waals surface area contributed by atoms with Gasteiger partial charge in [0.2, 0.25) is 0 Å². The minimum atomic E-state index is -3.64. The molecule has 0 aromatic heterocycles. The zero-order valence-corrected chi connectivity index (χ0v) is 15.7. The van der Waals surface area contributed by atoms with Crippen LogP contribution in [0.25, 0.3) is 0 Å². The number of benzene rings is 2. The van der Waals surface area contributed by atoms with Crippen LogP contribution < -0.4 is 9.46 Å². The highest BCUT2D eigenvalue weighted by Gasteiger charge is 2.16. The standard InChI is InChI=1S/C17H20BrNO3S/c1-4-12(2)13-5-7-14(8-6-13)19-23(20,21)15-9-10-17(22-3)16(18)11-15/h5-12,19H,4H2,1-3H3/t12-/m1/s1. The fourth-order valence-corrected chi connectivity index (χ4v) is 3.92. The summed E-state index contributed by atoms with van der Waals surface area (Å²) >= 11 is 3.30. The second-order valence-electron chi connectivity index (χ2n) is 5.33. The lowest BCUT2D eigenvalue weighted by Gasteiger charge is -2.12. The number of halogens is 1. The highest BCUT2D eigenvalue weighted by atomic mass is 79.9. The van der Waals surface area contributed by atoms with Gasteiger partial charge in [-0.3, -0.25) is 4.72 Å². The summed E-state index contributed by atoms with van der Waals surface area (Å²) in [6.07, 6.45) is 1.05. The number of hydrogen-bond donors (Lipinski definition) is 1. The van der Waals surface area contributed by atoms with Crippen LogP contribution in [0.2, 0.25) is 0 Å². The summed E-state index contributed by atoms with van der Waals surface area (Å²) in [4.78, 5) is 0.177. The minimum Gasteiger partial charge on any atom is -0.496 e. The van der Waals surface area contributed by atoms with Crippen molar-refractivity contribution < 1.29 is 13.2 Å². The topological polar surface area (TPSA) is 55.4 Å². The normalized spacial score (nSPS) is 12.7. The Balaban J connectivity index is 2.22. The zero-order chi connectivity index (χ0) is 17.0. The molecule has 0 amide bonds. The van der Waals surface area contributed by atoms with Gasteiger partial charge in [-0.15, -0.1) is 0 Å². The number of anilines is 1. The maximum absolute atomic E-state index is 12.5. The lowest BCUT2D eigenvalue weighted by molar-refractivity contribution is 0.411. The maximum Gasteiger partial charge on any atom is 0.261 e. The van der Waals surface area contributed by atoms with Crippen LogP contribution in [0.15, 0.2) is 51.8 Å². The molecule has 124 valence electrons. The Hall–Kier alpha value is -1.53. The number of rotatable bonds is 6. The molecule has 0 bridgehead atoms. The van der Waals surface area contributed by atoms with Crippen LogP contribution in [-0.2, 0) is 10.0 Å². The molecule has 0 heterocycles. The highest BCUT2D eigenvalue weighted by molar-refractivity contribution is 9.10. The molecule has 0 radical (unpaired) electrons. The largest absolute Gasteiger partial charge is 0.496 e. The molecule has 4 nitrogen and oxygen atoms in total. The molecule has 2 aromatic rings. The van der Waals surface area contributed by atoms with E-state index in [1.807, 2.05) is 12.1 Å². The van der Waals surface area contributed by atoms with Crippen LogP contribution in [0.5, 0.6) is 5.75 Å². The van der Waals surface area contributed by atoms with Crippen molar-refractivity contribution in [2.75, 3.05) is 11.8 Å². The van der Waals surface area contributed by atoms with Gasteiger partial charge in [0, 0.05) is 5.69 Å². The summed E-state index contributed by atoms with van der Waals surface area (Å²) in [6.45, 7) is 4.27. The first-order chi connectivity index (χ1) is 10.9. The third kappa shape index (κ3) is 4.26. The van der Waals surface area contributed by atoms with Gasteiger partial charge in [0.05, 0.1) is 16.5 Å². The van der Waals surface area contributed by atoms with Gasteiger partial charge in [-0.25, -0.2) is 8.42 Å². The molecule has 0 saturated heterocycles. The van der Waals surface area contributed by atoms with Gasteiger partial charge in [-0.05, 0) is 64.2 Å². The average molecular weight is 398 g/mol. The Bertz CT molecular complexity index is 773. The van der Waals surface area contributed by atoms with E-state index in [1.54, 1.807) is 18.2 Å². The van der Waals surface area contributed by atoms with Gasteiger partial charge in [-0.1, -0.05) is 26.0 Å². The van der Waals surface area contributed by atoms with Crippen LogP contribution in [0.3, 0.4) is 0 Å². The number of nitrogens with one attached hydrogen (secondary N) is 1. The quantitative estimate of drug-likeness (QED) is 0.763. The molecule has 6 heteroatoms. The highest BCUT2D eigenvalue weighted by Crippen LogP contribution is 2.28. The van der Waals surface area contributed by atoms with Crippen LogP contribution in [0.4, 0.5) is 5.69 Å². The molecule has 0 aliphatic carbocycles. The molecule has 0 fully saturated rings. The van der Waals surface area contributed by atoms with E-state index in [0.29, 0.717) is 21.8 Å². The Morgan fingerprint density at radius 2 is 1.83 bits per heavy atom. The smallest absolute Gasteiger partial charge is 0.261 e. The second-order valence-corrected chi connectivity index (χ2v) is 7.87. The molecule has 0 aliphatic rings. The molecular weight excluding hydrogens is 378 g/mol. The predicted octanol–water partition coefficient (Wildman–Crippen LogP) is 4.77. The zero-order valence-electron chi connectivity index (χ0n) is 13.3. The van der Waals surface area contributed by atoms with Crippen molar-refractivity contribution in [2.24, 2.45) is 0 Å². The van der Waals surface area contributed by atoms with Gasteiger partial charge in [-0.2, -0.15) is 0 Å². The van der Waals surface area contributed by atoms with Crippen LogP contribution >= 0.6 is 15.9 Å². The van der Waals surface area contributed by atoms with E-state index in [9.17, 15) is 8.42 Å². The molecule has 0 spiro atoms. The summed E-state index contributed by atoms with van der Waals surface area (Å²) in [7, 11) is -2.10. The number of methoxy groups -OCH3 is 1. The van der Waals surface area contributed by atoms with Gasteiger partial charge >= 0.3 is 0 Å². The van der Waals surface area contributed by atoms with Crippen molar-refractivity contribution in [2.45, 2.75) is 31.1 Å². The molecule has 23 heavy (non-hydrogen) atoms. The molecule has 2 rings (SSSR count). The predicted molar refractivity (Wildman–Crippen MR) is 96.7 cm³/mol. The summed E-state index contributed by atoms with van der Waals surface area (Å²) in [5.41, 5.74) is 1.74. The molecule has 2 aromatic carbocycles. The first-order valence-electron chi connectivity index (χ1n) is 7.33. The number of hydrogen-bond acceptors (Lipinski definition) is 3. The fourth-order valence-electron chi connectivity index (χ4n) is 2.14. The number of sulfonamides is 1. The van der Waals surface area contributed by atoms with Crippen molar-refractivity contribution in [3.63, 3.8) is 0 Å². The SMILES string of the molecule is CC[C@@H](C)c1ccc(NS(=O)(=O)c2ccc(OC)c(Br)c2)cc1. The third-order valence-electron chi connectivity index (χ3n) is 3.78. The first kappa shape index (κ1) is 17.8. The van der Waals surface area contributed by atoms with E-state index in [0.717, 1.165) is 6.42 Å². The van der Waals surface area contributed by atoms with Crippen LogP contribution in [-0.4, -0.2) is 15.5 Å². The monoisotopic (exact) mass is 397 g/mol. The molecule has 0 saturated carbocycles. The fraction of sp³-hybridized carbons (Fsp3) is 0.294. The lowest BCUT2D eigenvalue weighted by atomic mass is 9.99. The van der Waals surface area contributed by atoms with E-state index in [2.05, 4.69) is 34.5 Å². The summed E-state index contributed by atoms with van der Waals surface area (Å²) in [6, 6.07) is 12.1. The van der Waals surface area contributed by atoms with Gasteiger partial charge in [0.15, 0.2) is 0 Å². The lowest BCUT2D eigenvalue weighted by Crippen LogP contribution is -2.13. The maximum atomic E-state index is 12.5. The van der Waals surface area contributed by atoms with Crippen molar-refractivity contribution >= 4 is 31.6 Å². The summed E-state index contributed by atoms with van der Waals surface area (Å²) < 4.78 is 33.2. The molecule has 1 atom stereocenters. The third-order valence-corrected chi connectivity index (χ3v) is 5.78. The Morgan fingerprint density at radius 1 is 1.17 bits per heavy atom. The van der Waals surface area contributed by atoms with Gasteiger partial charge in [0.25, 0.3) is 10.0 Å². The van der Waals surface area contributed by atoms with E-state index in [4.69, 9.17) is 4.74 Å². The molecule has 0 aliphatic heterocycles. The van der Waals surface area contributed by atoms with Crippen molar-refractivity contribution in [3.05, 3.63) is 52.5 Å². The van der Waals surface area contributed by atoms with E-state index >= 15 is 0 Å². The second kappa shape index (κ2) is 7.36. The Kier molecular flexibility index (Phi) is 5.70. The summed E-state index contributed by atoms with van der Waals surface area (Å²) in [5.74, 6) is 1.04. The molecular formula is C17H20BrNO3S. The minimum absolute atomic E-state index is 0.177. The van der Waals surface area contributed by atoms with E-state index < -0.39 is 10.0 Å². The first-order valence-corrected chi connectivity index (χ1v) is 9.61. The molecule has 1 N–H and O–H groups in total. The van der Waals surface area contributed by atoms with Crippen LogP contribution in [0.1, 0.15) is 31.7 Å². The molecule has 0 unspecified atom stereocenters. The van der Waals surface area contributed by atoms with Crippen molar-refractivity contribution in [1.82, 2.24) is 0 Å². The van der Waals surface area contributed by atoms with E-state index in [-0.39, 0.29) is 4.90 Å². The average Bonchev–Trinajstić information content (AvgIpc) is 2.54. The summed E-state index contributed by atoms with van der Waals surface area (Å²) in [5, 5.41) is 0. The van der Waals surface area contributed by atoms with Gasteiger partial charge in [0.1, 0.15) is 5.75 Å². The number of ether oxygens (including phenoxy) is 1. The van der Waals surface area contributed by atoms with Crippen molar-refractivity contribution in [3.8, 4) is 5.75 Å².